The zero-order chi connectivity index (χ0) is 12.0. The fraction of sp³-hybridized carbons (Fsp3) is 1.00. The first-order valence-electron chi connectivity index (χ1n) is 6.86. The first kappa shape index (κ1) is 13.9. The minimum absolute atomic E-state index is 0.229. The molecular formula is C13H29N3. The third kappa shape index (κ3) is 3.19. The molecule has 96 valence electrons. The molecule has 0 aliphatic heterocycles. The summed E-state index contributed by atoms with van der Waals surface area (Å²) in [4.78, 5) is 2.46. The van der Waals surface area contributed by atoms with Gasteiger partial charge in [-0.1, -0.05) is 27.2 Å². The Kier molecular flexibility index (Phi) is 5.73. The Morgan fingerprint density at radius 1 is 1.38 bits per heavy atom. The van der Waals surface area contributed by atoms with Gasteiger partial charge in [-0.05, 0) is 31.8 Å². The zero-order valence-corrected chi connectivity index (χ0v) is 11.3. The Labute approximate surface area is 101 Å². The second kappa shape index (κ2) is 6.58. The van der Waals surface area contributed by atoms with E-state index in [0.717, 1.165) is 38.6 Å². The molecule has 1 rings (SSSR count). The summed E-state index contributed by atoms with van der Waals surface area (Å²) in [5.74, 6) is 0.731. The number of nitrogens with two attached hydrogens (primary N) is 1. The van der Waals surface area contributed by atoms with Crippen LogP contribution in [0.5, 0.6) is 0 Å². The fourth-order valence-electron chi connectivity index (χ4n) is 2.89. The van der Waals surface area contributed by atoms with Crippen LogP contribution in [0.15, 0.2) is 0 Å². The Morgan fingerprint density at radius 3 is 2.50 bits per heavy atom. The molecule has 0 aromatic carbocycles. The van der Waals surface area contributed by atoms with Gasteiger partial charge >= 0.3 is 0 Å². The highest BCUT2D eigenvalue weighted by Gasteiger charge is 2.38. The van der Waals surface area contributed by atoms with E-state index < -0.39 is 0 Å². The fourth-order valence-corrected chi connectivity index (χ4v) is 2.89. The summed E-state index contributed by atoms with van der Waals surface area (Å²) in [5, 5.41) is 3.73. The Hall–Kier alpha value is -0.120. The average molecular weight is 227 g/mol. The number of nitrogens with one attached hydrogen (secondary N) is 1. The van der Waals surface area contributed by atoms with Crippen molar-refractivity contribution in [3.8, 4) is 0 Å². The van der Waals surface area contributed by atoms with Gasteiger partial charge in [0.05, 0.1) is 0 Å². The van der Waals surface area contributed by atoms with Crippen LogP contribution in [0.4, 0.5) is 0 Å². The summed E-state index contributed by atoms with van der Waals surface area (Å²) in [6.45, 7) is 12.1. The average Bonchev–Trinajstić information content (AvgIpc) is 2.67. The van der Waals surface area contributed by atoms with Crippen LogP contribution in [-0.4, -0.2) is 43.2 Å². The molecule has 1 aliphatic rings. The molecule has 3 heteroatoms. The van der Waals surface area contributed by atoms with E-state index >= 15 is 0 Å². The normalized spacial score (nSPS) is 30.2. The van der Waals surface area contributed by atoms with Gasteiger partial charge in [0.2, 0.25) is 0 Å². The first-order valence-corrected chi connectivity index (χ1v) is 6.86. The van der Waals surface area contributed by atoms with E-state index in [1.54, 1.807) is 0 Å². The number of hydrogen-bond acceptors (Lipinski definition) is 3. The predicted molar refractivity (Wildman–Crippen MR) is 70.6 cm³/mol. The van der Waals surface area contributed by atoms with Crippen molar-refractivity contribution in [2.75, 3.05) is 32.7 Å². The van der Waals surface area contributed by atoms with E-state index in [1.165, 1.54) is 19.3 Å². The third-order valence-electron chi connectivity index (χ3n) is 4.37. The standard InChI is InChI=1S/C13H29N3/c1-4-16(5-2)10-9-15-13(11-14)8-6-7-12(13)3/h12,15H,4-11,14H2,1-3H3. The number of likely N-dealkylation sites (N-methyl/N-ethyl adjacent to an activating group) is 1. The van der Waals surface area contributed by atoms with Gasteiger partial charge in [-0.15, -0.1) is 0 Å². The van der Waals surface area contributed by atoms with E-state index in [1.807, 2.05) is 0 Å². The first-order chi connectivity index (χ1) is 7.68. The highest BCUT2D eigenvalue weighted by molar-refractivity contribution is 4.98. The van der Waals surface area contributed by atoms with Crippen molar-refractivity contribution >= 4 is 0 Å². The second-order valence-electron chi connectivity index (χ2n) is 5.11. The summed E-state index contributed by atoms with van der Waals surface area (Å²) in [7, 11) is 0. The summed E-state index contributed by atoms with van der Waals surface area (Å²) in [6, 6.07) is 0. The van der Waals surface area contributed by atoms with Crippen molar-refractivity contribution in [3.63, 3.8) is 0 Å². The van der Waals surface area contributed by atoms with E-state index in [2.05, 4.69) is 31.0 Å². The minimum Gasteiger partial charge on any atom is -0.329 e. The molecule has 2 atom stereocenters. The molecule has 0 heterocycles. The molecule has 0 aromatic heterocycles. The van der Waals surface area contributed by atoms with E-state index in [4.69, 9.17) is 5.73 Å². The van der Waals surface area contributed by atoms with Crippen molar-refractivity contribution in [1.82, 2.24) is 10.2 Å². The van der Waals surface area contributed by atoms with E-state index in [0.29, 0.717) is 0 Å². The summed E-state index contributed by atoms with van der Waals surface area (Å²) in [6.07, 6.45) is 3.91. The molecule has 0 aromatic rings. The molecule has 0 radical (unpaired) electrons. The van der Waals surface area contributed by atoms with E-state index in [9.17, 15) is 0 Å². The molecule has 1 aliphatic carbocycles. The molecule has 0 saturated heterocycles. The number of nitrogens with zero attached hydrogens (tertiary/aromatic N) is 1. The summed E-state index contributed by atoms with van der Waals surface area (Å²) < 4.78 is 0. The van der Waals surface area contributed by atoms with Gasteiger partial charge in [0.15, 0.2) is 0 Å². The van der Waals surface area contributed by atoms with Gasteiger partial charge in [0, 0.05) is 25.2 Å². The van der Waals surface area contributed by atoms with Crippen LogP contribution in [0.25, 0.3) is 0 Å². The maximum absolute atomic E-state index is 5.96. The van der Waals surface area contributed by atoms with Gasteiger partial charge in [0.25, 0.3) is 0 Å². The Balaban J connectivity index is 2.34. The van der Waals surface area contributed by atoms with Crippen LogP contribution in [0, 0.1) is 5.92 Å². The van der Waals surface area contributed by atoms with Crippen molar-refractivity contribution in [3.05, 3.63) is 0 Å². The maximum Gasteiger partial charge on any atom is 0.0330 e. The molecule has 3 nitrogen and oxygen atoms in total. The van der Waals surface area contributed by atoms with Crippen LogP contribution >= 0.6 is 0 Å². The number of rotatable bonds is 7. The monoisotopic (exact) mass is 227 g/mol. The Morgan fingerprint density at radius 2 is 2.06 bits per heavy atom. The van der Waals surface area contributed by atoms with Crippen LogP contribution in [0.2, 0.25) is 0 Å². The third-order valence-corrected chi connectivity index (χ3v) is 4.37. The lowest BCUT2D eigenvalue weighted by Crippen LogP contribution is -2.54. The van der Waals surface area contributed by atoms with Gasteiger partial charge in [-0.2, -0.15) is 0 Å². The molecule has 0 bridgehead atoms. The van der Waals surface area contributed by atoms with Crippen molar-refractivity contribution in [2.45, 2.75) is 45.6 Å². The predicted octanol–water partition coefficient (Wildman–Crippen LogP) is 1.44. The molecule has 2 unspecified atom stereocenters. The molecule has 0 spiro atoms. The quantitative estimate of drug-likeness (QED) is 0.691. The lowest BCUT2D eigenvalue weighted by molar-refractivity contribution is 0.236. The molecule has 1 fully saturated rings. The molecule has 1 saturated carbocycles. The molecule has 3 N–H and O–H groups in total. The van der Waals surface area contributed by atoms with Crippen LogP contribution < -0.4 is 11.1 Å². The summed E-state index contributed by atoms with van der Waals surface area (Å²) in [5.41, 5.74) is 6.19. The largest absolute Gasteiger partial charge is 0.329 e. The highest BCUT2D eigenvalue weighted by atomic mass is 15.1. The topological polar surface area (TPSA) is 41.3 Å². The van der Waals surface area contributed by atoms with Gasteiger partial charge in [-0.25, -0.2) is 0 Å². The summed E-state index contributed by atoms with van der Waals surface area (Å²) >= 11 is 0. The van der Waals surface area contributed by atoms with Gasteiger partial charge < -0.3 is 16.0 Å². The molecule has 0 amide bonds. The van der Waals surface area contributed by atoms with Crippen LogP contribution in [0.3, 0.4) is 0 Å². The van der Waals surface area contributed by atoms with Crippen molar-refractivity contribution < 1.29 is 0 Å². The number of hydrogen-bond donors (Lipinski definition) is 2. The molecular weight excluding hydrogens is 198 g/mol. The SMILES string of the molecule is CCN(CC)CCNC1(CN)CCCC1C. The smallest absolute Gasteiger partial charge is 0.0330 e. The molecule has 16 heavy (non-hydrogen) atoms. The van der Waals surface area contributed by atoms with Gasteiger partial charge in [-0.3, -0.25) is 0 Å². The van der Waals surface area contributed by atoms with Crippen LogP contribution in [0.1, 0.15) is 40.0 Å². The van der Waals surface area contributed by atoms with Gasteiger partial charge in [0.1, 0.15) is 0 Å². The van der Waals surface area contributed by atoms with E-state index in [-0.39, 0.29) is 5.54 Å². The lowest BCUT2D eigenvalue weighted by atomic mass is 9.88. The zero-order valence-electron chi connectivity index (χ0n) is 11.3. The minimum atomic E-state index is 0.229. The lowest BCUT2D eigenvalue weighted by Gasteiger charge is -2.34. The van der Waals surface area contributed by atoms with Crippen molar-refractivity contribution in [2.24, 2.45) is 11.7 Å². The maximum atomic E-state index is 5.96. The highest BCUT2D eigenvalue weighted by Crippen LogP contribution is 2.34. The second-order valence-corrected chi connectivity index (χ2v) is 5.11. The Bertz CT molecular complexity index is 192. The van der Waals surface area contributed by atoms with Crippen molar-refractivity contribution in [1.29, 1.82) is 0 Å². The van der Waals surface area contributed by atoms with Crippen LogP contribution in [-0.2, 0) is 0 Å².